The zero-order chi connectivity index (χ0) is 14.5. The van der Waals surface area contributed by atoms with E-state index in [0.29, 0.717) is 12.0 Å². The maximum Gasteiger partial charge on any atom is 0.134 e. The molecule has 0 aliphatic heterocycles. The maximum atomic E-state index is 6.02. The molecule has 0 radical (unpaired) electrons. The summed E-state index contributed by atoms with van der Waals surface area (Å²) < 4.78 is 6.02. The third-order valence-corrected chi connectivity index (χ3v) is 4.13. The van der Waals surface area contributed by atoms with Gasteiger partial charge in [-0.3, -0.25) is 0 Å². The van der Waals surface area contributed by atoms with Crippen LogP contribution in [-0.2, 0) is 0 Å². The van der Waals surface area contributed by atoms with Crippen LogP contribution in [0.1, 0.15) is 70.2 Å². The molecule has 1 heterocycles. The van der Waals surface area contributed by atoms with Crippen molar-refractivity contribution in [2.45, 2.75) is 58.9 Å². The predicted octanol–water partition coefficient (Wildman–Crippen LogP) is 5.40. The van der Waals surface area contributed by atoms with Crippen LogP contribution in [0.2, 0.25) is 0 Å². The Morgan fingerprint density at radius 2 is 1.90 bits per heavy atom. The first kappa shape index (κ1) is 15.1. The molecule has 1 aromatic heterocycles. The average molecular weight is 273 g/mol. The molecule has 0 aliphatic carbocycles. The highest BCUT2D eigenvalue weighted by atomic mass is 16.3. The quantitative estimate of drug-likeness (QED) is 0.731. The molecule has 1 N–H and O–H groups in total. The second kappa shape index (κ2) is 6.94. The molecule has 0 spiro atoms. The van der Waals surface area contributed by atoms with E-state index in [0.717, 1.165) is 30.7 Å². The van der Waals surface area contributed by atoms with Gasteiger partial charge in [-0.25, -0.2) is 0 Å². The van der Waals surface area contributed by atoms with E-state index in [4.69, 9.17) is 4.42 Å². The van der Waals surface area contributed by atoms with E-state index in [1.807, 2.05) is 0 Å². The van der Waals surface area contributed by atoms with Crippen molar-refractivity contribution in [2.75, 3.05) is 6.54 Å². The number of furan rings is 1. The summed E-state index contributed by atoms with van der Waals surface area (Å²) in [5, 5.41) is 4.78. The molecule has 0 bridgehead atoms. The van der Waals surface area contributed by atoms with E-state index in [1.54, 1.807) is 0 Å². The number of benzene rings is 1. The molecule has 2 unspecified atom stereocenters. The zero-order valence-corrected chi connectivity index (χ0v) is 13.2. The first-order valence-electron chi connectivity index (χ1n) is 7.96. The van der Waals surface area contributed by atoms with E-state index in [1.165, 1.54) is 17.4 Å². The van der Waals surface area contributed by atoms with Crippen LogP contribution < -0.4 is 5.32 Å². The van der Waals surface area contributed by atoms with Gasteiger partial charge >= 0.3 is 0 Å². The van der Waals surface area contributed by atoms with Gasteiger partial charge in [-0.1, -0.05) is 33.8 Å². The number of nitrogens with one attached hydrogen (secondary N) is 1. The lowest BCUT2D eigenvalue weighted by atomic mass is 9.97. The van der Waals surface area contributed by atoms with Crippen molar-refractivity contribution in [3.8, 4) is 0 Å². The van der Waals surface area contributed by atoms with Gasteiger partial charge in [0.2, 0.25) is 0 Å². The largest absolute Gasteiger partial charge is 0.459 e. The lowest BCUT2D eigenvalue weighted by Crippen LogP contribution is -2.20. The lowest BCUT2D eigenvalue weighted by Gasteiger charge is -2.13. The SMILES string of the molecule is CCCNC(CC)c1cc2cc(C(C)CC)ccc2o1. The van der Waals surface area contributed by atoms with Crippen molar-refractivity contribution in [3.05, 3.63) is 35.6 Å². The van der Waals surface area contributed by atoms with Gasteiger partial charge in [0.05, 0.1) is 6.04 Å². The molecule has 0 saturated heterocycles. The highest BCUT2D eigenvalue weighted by Crippen LogP contribution is 2.29. The van der Waals surface area contributed by atoms with E-state index in [9.17, 15) is 0 Å². The van der Waals surface area contributed by atoms with Gasteiger partial charge in [-0.05, 0) is 55.5 Å². The Kier molecular flexibility index (Phi) is 5.24. The maximum absolute atomic E-state index is 6.02. The van der Waals surface area contributed by atoms with Gasteiger partial charge in [-0.15, -0.1) is 0 Å². The molecule has 2 heteroatoms. The van der Waals surface area contributed by atoms with Gasteiger partial charge in [0, 0.05) is 5.39 Å². The van der Waals surface area contributed by atoms with Crippen LogP contribution in [0, 0.1) is 0 Å². The molecule has 2 aromatic rings. The molecule has 20 heavy (non-hydrogen) atoms. The molecule has 2 atom stereocenters. The molecule has 110 valence electrons. The molecule has 2 nitrogen and oxygen atoms in total. The monoisotopic (exact) mass is 273 g/mol. The summed E-state index contributed by atoms with van der Waals surface area (Å²) in [6.07, 6.45) is 3.37. The van der Waals surface area contributed by atoms with E-state index in [2.05, 4.69) is 57.3 Å². The third-order valence-electron chi connectivity index (χ3n) is 4.13. The van der Waals surface area contributed by atoms with Crippen molar-refractivity contribution >= 4 is 11.0 Å². The Balaban J connectivity index is 2.28. The van der Waals surface area contributed by atoms with E-state index >= 15 is 0 Å². The summed E-state index contributed by atoms with van der Waals surface area (Å²) in [6, 6.07) is 9.13. The van der Waals surface area contributed by atoms with E-state index in [-0.39, 0.29) is 0 Å². The minimum atomic E-state index is 0.328. The van der Waals surface area contributed by atoms with Gasteiger partial charge in [0.1, 0.15) is 11.3 Å². The molecule has 0 saturated carbocycles. The summed E-state index contributed by atoms with van der Waals surface area (Å²) >= 11 is 0. The van der Waals surface area contributed by atoms with Crippen LogP contribution in [-0.4, -0.2) is 6.54 Å². The third kappa shape index (κ3) is 3.24. The summed E-state index contributed by atoms with van der Waals surface area (Å²) in [7, 11) is 0. The number of hydrogen-bond acceptors (Lipinski definition) is 2. The second-order valence-corrected chi connectivity index (χ2v) is 5.67. The normalized spacial score (nSPS) is 14.6. The van der Waals surface area contributed by atoms with Crippen molar-refractivity contribution in [3.63, 3.8) is 0 Å². The van der Waals surface area contributed by atoms with Gasteiger partial charge in [0.25, 0.3) is 0 Å². The number of hydrogen-bond donors (Lipinski definition) is 1. The van der Waals surface area contributed by atoms with Gasteiger partial charge in [0.15, 0.2) is 0 Å². The Labute approximate surface area is 122 Å². The molecular formula is C18H27NO. The van der Waals surface area contributed by atoms with E-state index < -0.39 is 0 Å². The van der Waals surface area contributed by atoms with Crippen LogP contribution in [0.3, 0.4) is 0 Å². The van der Waals surface area contributed by atoms with Crippen LogP contribution in [0.25, 0.3) is 11.0 Å². The standard InChI is InChI=1S/C18H27NO/c1-5-10-19-16(7-3)18-12-15-11-14(13(4)6-2)8-9-17(15)20-18/h8-9,11-13,16,19H,5-7,10H2,1-4H3. The predicted molar refractivity (Wildman–Crippen MR) is 86.2 cm³/mol. The molecule has 0 fully saturated rings. The number of rotatable bonds is 7. The average Bonchev–Trinajstić information content (AvgIpc) is 2.89. The smallest absolute Gasteiger partial charge is 0.134 e. The van der Waals surface area contributed by atoms with Crippen molar-refractivity contribution in [1.82, 2.24) is 5.32 Å². The van der Waals surface area contributed by atoms with Crippen molar-refractivity contribution in [1.29, 1.82) is 0 Å². The first-order chi connectivity index (χ1) is 9.69. The van der Waals surface area contributed by atoms with Crippen LogP contribution in [0.4, 0.5) is 0 Å². The fraction of sp³-hybridized carbons (Fsp3) is 0.556. The Bertz CT molecular complexity index is 543. The summed E-state index contributed by atoms with van der Waals surface area (Å²) in [4.78, 5) is 0. The zero-order valence-electron chi connectivity index (χ0n) is 13.2. The fourth-order valence-corrected chi connectivity index (χ4v) is 2.56. The molecule has 2 rings (SSSR count). The number of fused-ring (bicyclic) bond motifs is 1. The summed E-state index contributed by atoms with van der Waals surface area (Å²) in [5.74, 6) is 1.68. The highest BCUT2D eigenvalue weighted by Gasteiger charge is 2.14. The fourth-order valence-electron chi connectivity index (χ4n) is 2.56. The molecule has 1 aromatic carbocycles. The van der Waals surface area contributed by atoms with Gasteiger partial charge in [-0.2, -0.15) is 0 Å². The van der Waals surface area contributed by atoms with Crippen LogP contribution >= 0.6 is 0 Å². The van der Waals surface area contributed by atoms with Crippen LogP contribution in [0.5, 0.6) is 0 Å². The van der Waals surface area contributed by atoms with Crippen molar-refractivity contribution in [2.24, 2.45) is 0 Å². The second-order valence-electron chi connectivity index (χ2n) is 5.67. The Hall–Kier alpha value is -1.28. The minimum Gasteiger partial charge on any atom is -0.459 e. The van der Waals surface area contributed by atoms with Crippen LogP contribution in [0.15, 0.2) is 28.7 Å². The first-order valence-corrected chi connectivity index (χ1v) is 7.96. The Morgan fingerprint density at radius 3 is 2.55 bits per heavy atom. The molecule has 0 amide bonds. The summed E-state index contributed by atoms with van der Waals surface area (Å²) in [5.41, 5.74) is 2.41. The lowest BCUT2D eigenvalue weighted by molar-refractivity contribution is 0.421. The topological polar surface area (TPSA) is 25.2 Å². The summed E-state index contributed by atoms with van der Waals surface area (Å²) in [6.45, 7) is 9.94. The molecular weight excluding hydrogens is 246 g/mol. The highest BCUT2D eigenvalue weighted by molar-refractivity contribution is 5.79. The Morgan fingerprint density at radius 1 is 1.10 bits per heavy atom. The minimum absolute atomic E-state index is 0.328. The molecule has 0 aliphatic rings. The van der Waals surface area contributed by atoms with Gasteiger partial charge < -0.3 is 9.73 Å². The van der Waals surface area contributed by atoms with Crippen molar-refractivity contribution < 1.29 is 4.42 Å².